The zero-order valence-corrected chi connectivity index (χ0v) is 13.1. The molecule has 5 heteroatoms. The smallest absolute Gasteiger partial charge is 0.255 e. The van der Waals surface area contributed by atoms with Gasteiger partial charge in [0.1, 0.15) is 0 Å². The number of hydrogen-bond acceptors (Lipinski definition) is 2. The average Bonchev–Trinajstić information content (AvgIpc) is 2.41. The molecule has 2 atom stereocenters. The summed E-state index contributed by atoms with van der Waals surface area (Å²) >= 11 is 9.49. The number of nitrogens with zero attached hydrogens (tertiary/aromatic N) is 1. The Morgan fingerprint density at radius 2 is 2.32 bits per heavy atom. The molecular formula is C14H17BrClNO2. The minimum absolute atomic E-state index is 0.0587. The summed E-state index contributed by atoms with van der Waals surface area (Å²) in [4.78, 5) is 14.3. The van der Waals surface area contributed by atoms with Crippen LogP contribution < -0.4 is 0 Å². The van der Waals surface area contributed by atoms with E-state index in [1.165, 1.54) is 0 Å². The molecule has 0 spiro atoms. The first kappa shape index (κ1) is 14.8. The molecule has 0 saturated carbocycles. The van der Waals surface area contributed by atoms with Crippen molar-refractivity contribution in [2.45, 2.75) is 25.9 Å². The van der Waals surface area contributed by atoms with Crippen LogP contribution in [0, 0.1) is 5.92 Å². The molecule has 1 saturated heterocycles. The summed E-state index contributed by atoms with van der Waals surface area (Å²) in [6, 6.07) is 5.36. The first-order valence-corrected chi connectivity index (χ1v) is 7.59. The predicted molar refractivity (Wildman–Crippen MR) is 79.5 cm³/mol. The van der Waals surface area contributed by atoms with Gasteiger partial charge in [-0.1, -0.05) is 17.7 Å². The van der Waals surface area contributed by atoms with E-state index in [9.17, 15) is 9.90 Å². The number of aliphatic hydroxyl groups is 1. The molecule has 0 unspecified atom stereocenters. The molecule has 0 bridgehead atoms. The lowest BCUT2D eigenvalue weighted by Crippen LogP contribution is -2.43. The highest BCUT2D eigenvalue weighted by molar-refractivity contribution is 9.10. The maximum absolute atomic E-state index is 12.5. The van der Waals surface area contributed by atoms with Crippen LogP contribution in [0.15, 0.2) is 22.7 Å². The van der Waals surface area contributed by atoms with Gasteiger partial charge in [0.25, 0.3) is 5.91 Å². The Hall–Kier alpha value is -0.580. The number of rotatable bonds is 2. The van der Waals surface area contributed by atoms with Gasteiger partial charge >= 0.3 is 0 Å². The molecular weight excluding hydrogens is 330 g/mol. The van der Waals surface area contributed by atoms with Gasteiger partial charge in [-0.05, 0) is 47.8 Å². The summed E-state index contributed by atoms with van der Waals surface area (Å²) in [5.41, 5.74) is 0.516. The summed E-state index contributed by atoms with van der Waals surface area (Å²) in [5, 5.41) is 10.1. The number of aliphatic hydroxyl groups excluding tert-OH is 1. The summed E-state index contributed by atoms with van der Waals surface area (Å²) < 4.78 is 0.726. The second-order valence-corrected chi connectivity index (χ2v) is 6.23. The number of halogens is 2. The van der Waals surface area contributed by atoms with Crippen LogP contribution in [-0.2, 0) is 0 Å². The Bertz CT molecular complexity index is 479. The van der Waals surface area contributed by atoms with Crippen molar-refractivity contribution in [3.63, 3.8) is 0 Å². The van der Waals surface area contributed by atoms with Gasteiger partial charge in [-0.2, -0.15) is 0 Å². The van der Waals surface area contributed by atoms with E-state index in [-0.39, 0.29) is 17.9 Å². The third-order valence-corrected chi connectivity index (χ3v) is 4.91. The van der Waals surface area contributed by atoms with E-state index in [2.05, 4.69) is 15.9 Å². The van der Waals surface area contributed by atoms with Gasteiger partial charge in [0.15, 0.2) is 0 Å². The molecule has 1 heterocycles. The van der Waals surface area contributed by atoms with Crippen LogP contribution in [0.2, 0.25) is 5.02 Å². The van der Waals surface area contributed by atoms with Crippen LogP contribution >= 0.6 is 27.5 Å². The van der Waals surface area contributed by atoms with Crippen molar-refractivity contribution in [1.29, 1.82) is 0 Å². The van der Waals surface area contributed by atoms with Gasteiger partial charge in [0.05, 0.1) is 16.7 Å². The number of piperidine rings is 1. The largest absolute Gasteiger partial charge is 0.393 e. The van der Waals surface area contributed by atoms with Gasteiger partial charge in [-0.15, -0.1) is 0 Å². The standard InChI is InChI=1S/C14H17BrClNO2/c1-9(18)10-4-3-7-17(8-10)14(19)11-5-2-6-12(15)13(11)16/h2,5-6,9-10,18H,3-4,7-8H2,1H3/t9-,10-/m0/s1. The summed E-state index contributed by atoms with van der Waals surface area (Å²) in [6.07, 6.45) is 1.51. The van der Waals surface area contributed by atoms with Crippen LogP contribution in [0.25, 0.3) is 0 Å². The Morgan fingerprint density at radius 1 is 1.58 bits per heavy atom. The highest BCUT2D eigenvalue weighted by Gasteiger charge is 2.28. The monoisotopic (exact) mass is 345 g/mol. The van der Waals surface area contributed by atoms with E-state index in [4.69, 9.17) is 11.6 Å². The molecule has 1 fully saturated rings. The van der Waals surface area contributed by atoms with Crippen molar-refractivity contribution in [2.75, 3.05) is 13.1 Å². The van der Waals surface area contributed by atoms with Crippen LogP contribution in [0.3, 0.4) is 0 Å². The predicted octanol–water partition coefficient (Wildman–Crippen LogP) is 3.34. The summed E-state index contributed by atoms with van der Waals surface area (Å²) in [6.45, 7) is 3.11. The second kappa shape index (κ2) is 6.25. The van der Waals surface area contributed by atoms with E-state index in [0.29, 0.717) is 17.1 Å². The van der Waals surface area contributed by atoms with Gasteiger partial charge in [-0.3, -0.25) is 4.79 Å². The van der Waals surface area contributed by atoms with Gasteiger partial charge < -0.3 is 10.0 Å². The number of amides is 1. The van der Waals surface area contributed by atoms with Crippen LogP contribution in [-0.4, -0.2) is 35.1 Å². The zero-order valence-electron chi connectivity index (χ0n) is 10.8. The molecule has 2 rings (SSSR count). The van der Waals surface area contributed by atoms with E-state index in [1.807, 2.05) is 6.07 Å². The molecule has 1 amide bonds. The quantitative estimate of drug-likeness (QED) is 0.892. The van der Waals surface area contributed by atoms with Gasteiger partial charge in [-0.25, -0.2) is 0 Å². The molecule has 1 aromatic rings. The summed E-state index contributed by atoms with van der Waals surface area (Å²) in [5.74, 6) is 0.0975. The number of benzene rings is 1. The molecule has 3 nitrogen and oxygen atoms in total. The molecule has 19 heavy (non-hydrogen) atoms. The lowest BCUT2D eigenvalue weighted by Gasteiger charge is -2.34. The van der Waals surface area contributed by atoms with E-state index in [0.717, 1.165) is 23.9 Å². The highest BCUT2D eigenvalue weighted by Crippen LogP contribution is 2.28. The lowest BCUT2D eigenvalue weighted by atomic mass is 9.93. The SMILES string of the molecule is C[C@H](O)[C@H]1CCCN(C(=O)c2cccc(Br)c2Cl)C1. The topological polar surface area (TPSA) is 40.5 Å². The van der Waals surface area contributed by atoms with Crippen LogP contribution in [0.5, 0.6) is 0 Å². The van der Waals surface area contributed by atoms with Crippen molar-refractivity contribution in [1.82, 2.24) is 4.90 Å². The van der Waals surface area contributed by atoms with Crippen molar-refractivity contribution in [2.24, 2.45) is 5.92 Å². The molecule has 1 aliphatic heterocycles. The first-order chi connectivity index (χ1) is 9.00. The Labute approximate surface area is 126 Å². The number of carbonyl (C=O) groups excluding carboxylic acids is 1. The fourth-order valence-electron chi connectivity index (χ4n) is 2.43. The van der Waals surface area contributed by atoms with E-state index < -0.39 is 0 Å². The molecule has 1 aromatic carbocycles. The van der Waals surface area contributed by atoms with Crippen LogP contribution in [0.4, 0.5) is 0 Å². The minimum atomic E-state index is -0.381. The molecule has 0 aliphatic carbocycles. The highest BCUT2D eigenvalue weighted by atomic mass is 79.9. The fraction of sp³-hybridized carbons (Fsp3) is 0.500. The Morgan fingerprint density at radius 3 is 3.00 bits per heavy atom. The lowest BCUT2D eigenvalue weighted by molar-refractivity contribution is 0.0466. The molecule has 1 N–H and O–H groups in total. The third kappa shape index (κ3) is 3.30. The zero-order chi connectivity index (χ0) is 14.0. The minimum Gasteiger partial charge on any atom is -0.393 e. The molecule has 1 aliphatic rings. The average molecular weight is 347 g/mol. The van der Waals surface area contributed by atoms with E-state index in [1.54, 1.807) is 24.0 Å². The first-order valence-electron chi connectivity index (χ1n) is 6.42. The Kier molecular flexibility index (Phi) is 4.87. The molecule has 0 radical (unpaired) electrons. The second-order valence-electron chi connectivity index (χ2n) is 5.00. The normalized spacial score (nSPS) is 21.3. The number of hydrogen-bond donors (Lipinski definition) is 1. The van der Waals surface area contributed by atoms with Crippen molar-refractivity contribution in [3.8, 4) is 0 Å². The van der Waals surface area contributed by atoms with Crippen molar-refractivity contribution in [3.05, 3.63) is 33.3 Å². The van der Waals surface area contributed by atoms with Gasteiger partial charge in [0, 0.05) is 23.5 Å². The Balaban J connectivity index is 2.17. The van der Waals surface area contributed by atoms with E-state index >= 15 is 0 Å². The van der Waals surface area contributed by atoms with Crippen LogP contribution in [0.1, 0.15) is 30.1 Å². The maximum Gasteiger partial charge on any atom is 0.255 e. The van der Waals surface area contributed by atoms with Crippen molar-refractivity contribution >= 4 is 33.4 Å². The van der Waals surface area contributed by atoms with Gasteiger partial charge in [0.2, 0.25) is 0 Å². The number of carbonyl (C=O) groups is 1. The number of likely N-dealkylation sites (tertiary alicyclic amines) is 1. The molecule has 0 aromatic heterocycles. The molecule has 104 valence electrons. The maximum atomic E-state index is 12.5. The van der Waals surface area contributed by atoms with Crippen molar-refractivity contribution < 1.29 is 9.90 Å². The fourth-order valence-corrected chi connectivity index (χ4v) is 3.00. The third-order valence-electron chi connectivity index (χ3n) is 3.61. The summed E-state index contributed by atoms with van der Waals surface area (Å²) in [7, 11) is 0.